The van der Waals surface area contributed by atoms with Gasteiger partial charge in [-0.3, -0.25) is 0 Å². The van der Waals surface area contributed by atoms with E-state index >= 15 is 13.2 Å². The van der Waals surface area contributed by atoms with Gasteiger partial charge in [-0.2, -0.15) is 0 Å². The van der Waals surface area contributed by atoms with Crippen LogP contribution in [0.2, 0.25) is 0 Å². The highest BCUT2D eigenvalue weighted by molar-refractivity contribution is 5.83. The molecule has 5 aliphatic rings. The van der Waals surface area contributed by atoms with Gasteiger partial charge in [-0.1, -0.05) is 70.2 Å². The molecule has 1 N–H and O–H groups in total. The van der Waals surface area contributed by atoms with E-state index in [2.05, 4.69) is 39.7 Å². The minimum absolute atomic E-state index is 0.0109. The Labute approximate surface area is 261 Å². The van der Waals surface area contributed by atoms with E-state index in [1.165, 1.54) is 37.2 Å². The van der Waals surface area contributed by atoms with Crippen LogP contribution in [0.4, 0.5) is 24.8 Å². The average Bonchev–Trinajstić information content (AvgIpc) is 3.01. The molecule has 0 unspecified atom stereocenters. The number of hydrogen-bond donors (Lipinski definition) is 1. The Morgan fingerprint density at radius 3 is 2.34 bits per heavy atom. The highest BCUT2D eigenvalue weighted by atomic mass is 19.3. The molecule has 2 fully saturated rings. The van der Waals surface area contributed by atoms with Crippen LogP contribution < -0.4 is 10.2 Å². The van der Waals surface area contributed by atoms with E-state index < -0.39 is 29.3 Å². The first-order chi connectivity index (χ1) is 21.2. The lowest BCUT2D eigenvalue weighted by Gasteiger charge is -2.42. The fourth-order valence-electron chi connectivity index (χ4n) is 8.01. The van der Waals surface area contributed by atoms with Crippen LogP contribution in [-0.4, -0.2) is 41.0 Å². The van der Waals surface area contributed by atoms with Gasteiger partial charge in [0.05, 0.1) is 17.2 Å². The molecule has 4 aliphatic heterocycles. The smallest absolute Gasteiger partial charge is 0.278 e. The minimum Gasteiger partial charge on any atom is -0.363 e. The number of benzene rings is 1. The molecule has 0 spiro atoms. The minimum atomic E-state index is -3.23. The summed E-state index contributed by atoms with van der Waals surface area (Å²) in [6, 6.07) is 3.86. The van der Waals surface area contributed by atoms with Gasteiger partial charge in [0, 0.05) is 23.7 Å². The first-order valence-corrected chi connectivity index (χ1v) is 16.9. The van der Waals surface area contributed by atoms with Crippen LogP contribution in [0.25, 0.3) is 6.08 Å². The van der Waals surface area contributed by atoms with Gasteiger partial charge in [-0.05, 0) is 82.1 Å². The second kappa shape index (κ2) is 12.9. The lowest BCUT2D eigenvalue weighted by atomic mass is 9.68. The predicted octanol–water partition coefficient (Wildman–Crippen LogP) is 9.24. The second-order valence-electron chi connectivity index (χ2n) is 13.8. The number of anilines is 2. The number of piperidine rings is 1. The third-order valence-corrected chi connectivity index (χ3v) is 10.8. The molecule has 0 amide bonds. The summed E-state index contributed by atoms with van der Waals surface area (Å²) in [5, 5.41) is 3.40. The molecule has 0 radical (unpaired) electrons. The van der Waals surface area contributed by atoms with Crippen LogP contribution in [0.1, 0.15) is 114 Å². The van der Waals surface area contributed by atoms with Crippen LogP contribution in [0.15, 0.2) is 42.4 Å². The van der Waals surface area contributed by atoms with E-state index in [4.69, 9.17) is 4.98 Å². The molecule has 44 heavy (non-hydrogen) atoms. The fraction of sp³-hybridized carbons (Fsp3) is 0.611. The normalized spacial score (nSPS) is 27.6. The molecule has 8 bridgehead atoms. The quantitative estimate of drug-likeness (QED) is 0.350. The van der Waals surface area contributed by atoms with Crippen molar-refractivity contribution in [2.45, 2.75) is 103 Å². The number of hydrogen-bond acceptors (Lipinski definition) is 5. The van der Waals surface area contributed by atoms with Crippen LogP contribution in [0.5, 0.6) is 0 Å². The Balaban J connectivity index is 1.39. The van der Waals surface area contributed by atoms with E-state index in [-0.39, 0.29) is 11.0 Å². The molecule has 238 valence electrons. The van der Waals surface area contributed by atoms with Crippen molar-refractivity contribution in [3.63, 3.8) is 0 Å². The summed E-state index contributed by atoms with van der Waals surface area (Å²) in [6.45, 7) is 11.8. The molecule has 5 heterocycles. The highest BCUT2D eigenvalue weighted by Gasteiger charge is 2.45. The lowest BCUT2D eigenvalue weighted by Crippen LogP contribution is -2.40. The van der Waals surface area contributed by atoms with Crippen molar-refractivity contribution >= 4 is 17.7 Å². The topological polar surface area (TPSA) is 44.3 Å². The van der Waals surface area contributed by atoms with Gasteiger partial charge >= 0.3 is 0 Å². The molecule has 1 aromatic heterocycles. The summed E-state index contributed by atoms with van der Waals surface area (Å²) < 4.78 is 47.8. The fourth-order valence-corrected chi connectivity index (χ4v) is 8.01. The summed E-state index contributed by atoms with van der Waals surface area (Å²) in [6.07, 6.45) is 15.8. The first-order valence-electron chi connectivity index (χ1n) is 16.9. The monoisotopic (exact) mass is 607 g/mol. The Kier molecular flexibility index (Phi) is 9.10. The summed E-state index contributed by atoms with van der Waals surface area (Å²) in [4.78, 5) is 13.9. The molecule has 1 atom stereocenters. The standard InChI is InChI=1S/C36H48F3N5/c1-25-28-13-12-14-30(32(28)37)36(38,39)27-15-21-43(22-16-27)19-10-5-4-6-11-20-44-26(2)31(35(3)17-8-7-9-18-35)23-29-33(42-25)40-24-41-34(29)44/h12-14,23-25,27H,2,4-11,15-22H2,1,3H3,(H,40,41,42)/t25-/m1/s1. The summed E-state index contributed by atoms with van der Waals surface area (Å²) in [5.41, 5.74) is 2.85. The van der Waals surface area contributed by atoms with E-state index in [0.717, 1.165) is 75.1 Å². The Morgan fingerprint density at radius 1 is 0.909 bits per heavy atom. The second-order valence-corrected chi connectivity index (χ2v) is 13.8. The summed E-state index contributed by atoms with van der Waals surface area (Å²) in [7, 11) is 0. The van der Waals surface area contributed by atoms with Gasteiger partial charge in [-0.25, -0.2) is 23.1 Å². The van der Waals surface area contributed by atoms with Gasteiger partial charge in [0.2, 0.25) is 0 Å². The van der Waals surface area contributed by atoms with Crippen LogP contribution >= 0.6 is 0 Å². The van der Waals surface area contributed by atoms with E-state index in [9.17, 15) is 0 Å². The van der Waals surface area contributed by atoms with Crippen molar-refractivity contribution < 1.29 is 13.2 Å². The Hall–Kier alpha value is -2.87. The van der Waals surface area contributed by atoms with Crippen LogP contribution in [0, 0.1) is 17.2 Å². The molecule has 1 saturated carbocycles. The number of rotatable bonds is 1. The van der Waals surface area contributed by atoms with Crippen molar-refractivity contribution in [2.75, 3.05) is 36.4 Å². The van der Waals surface area contributed by atoms with Crippen LogP contribution in [-0.2, 0) is 5.92 Å². The number of alkyl halides is 2. The Morgan fingerprint density at radius 2 is 1.59 bits per heavy atom. The molecule has 1 aromatic carbocycles. The highest BCUT2D eigenvalue weighted by Crippen LogP contribution is 2.50. The van der Waals surface area contributed by atoms with Crippen molar-refractivity contribution in [1.29, 1.82) is 0 Å². The molecule has 7 rings (SSSR count). The molecular formula is C36H48F3N5. The zero-order valence-electron chi connectivity index (χ0n) is 26.5. The maximum Gasteiger partial charge on any atom is 0.278 e. The molecule has 8 heteroatoms. The van der Waals surface area contributed by atoms with E-state index in [1.54, 1.807) is 12.1 Å². The third kappa shape index (κ3) is 6.03. The zero-order chi connectivity index (χ0) is 30.9. The molecule has 2 aromatic rings. The largest absolute Gasteiger partial charge is 0.363 e. The van der Waals surface area contributed by atoms with Gasteiger partial charge < -0.3 is 15.1 Å². The van der Waals surface area contributed by atoms with Crippen molar-refractivity contribution in [2.24, 2.45) is 11.3 Å². The van der Waals surface area contributed by atoms with Crippen molar-refractivity contribution in [3.05, 3.63) is 64.9 Å². The first kappa shape index (κ1) is 31.1. The molecule has 1 aliphatic carbocycles. The SMILES string of the molecule is C=C1C(C2(C)CCCCC2)=Cc2c3ncnc2N1CCCCCCCN1CCC(CC1)C(F)(F)c1cccc(c1F)[C@@H](C)N3. The lowest BCUT2D eigenvalue weighted by molar-refractivity contribution is -0.0880. The maximum absolute atomic E-state index is 16.0. The van der Waals surface area contributed by atoms with E-state index in [0.29, 0.717) is 31.7 Å². The molecule has 1 saturated heterocycles. The summed E-state index contributed by atoms with van der Waals surface area (Å²) >= 11 is 0. The molecular weight excluding hydrogens is 559 g/mol. The summed E-state index contributed by atoms with van der Waals surface area (Å²) in [5.74, 6) is -3.52. The van der Waals surface area contributed by atoms with Crippen LogP contribution in [0.3, 0.4) is 0 Å². The number of allylic oxidation sites excluding steroid dienone is 1. The van der Waals surface area contributed by atoms with Gasteiger partial charge in [0.1, 0.15) is 23.8 Å². The van der Waals surface area contributed by atoms with Gasteiger partial charge in [-0.15, -0.1) is 0 Å². The number of aromatic nitrogens is 2. The van der Waals surface area contributed by atoms with E-state index in [1.807, 2.05) is 6.92 Å². The predicted molar refractivity (Wildman–Crippen MR) is 172 cm³/mol. The van der Waals surface area contributed by atoms with Crippen molar-refractivity contribution in [3.8, 4) is 0 Å². The molecule has 5 nitrogen and oxygen atoms in total. The third-order valence-electron chi connectivity index (χ3n) is 10.8. The number of fused-ring (bicyclic) bond motifs is 9. The maximum atomic E-state index is 16.0. The number of nitrogens with one attached hydrogen (secondary N) is 1. The van der Waals surface area contributed by atoms with Crippen molar-refractivity contribution in [1.82, 2.24) is 14.9 Å². The van der Waals surface area contributed by atoms with Gasteiger partial charge in [0.25, 0.3) is 5.92 Å². The Bertz CT molecular complexity index is 1370. The average molecular weight is 608 g/mol. The zero-order valence-corrected chi connectivity index (χ0v) is 26.5. The number of halogens is 3. The number of nitrogens with zero attached hydrogens (tertiary/aromatic N) is 4. The van der Waals surface area contributed by atoms with Gasteiger partial charge in [0.15, 0.2) is 0 Å².